The Balaban J connectivity index is 1.90. The first-order valence-electron chi connectivity index (χ1n) is 10.0. The van der Waals surface area contributed by atoms with Crippen LogP contribution in [0.1, 0.15) is 43.0 Å². The lowest BCUT2D eigenvalue weighted by Gasteiger charge is -2.33. The number of aryl methyl sites for hydroxylation is 2. The predicted octanol–water partition coefficient (Wildman–Crippen LogP) is 4.69. The second kappa shape index (κ2) is 8.98. The zero-order valence-electron chi connectivity index (χ0n) is 17.1. The van der Waals surface area contributed by atoms with Gasteiger partial charge >= 0.3 is 6.18 Å². The molecule has 3 rings (SSSR count). The molecule has 29 heavy (non-hydrogen) atoms. The molecule has 8 heteroatoms. The largest absolute Gasteiger partial charge is 0.416 e. The maximum atomic E-state index is 13.2. The van der Waals surface area contributed by atoms with Gasteiger partial charge < -0.3 is 15.5 Å². The van der Waals surface area contributed by atoms with Crippen LogP contribution in [-0.2, 0) is 12.6 Å². The summed E-state index contributed by atoms with van der Waals surface area (Å²) < 4.78 is 39.7. The summed E-state index contributed by atoms with van der Waals surface area (Å²) >= 11 is 0. The van der Waals surface area contributed by atoms with Crippen molar-refractivity contribution in [3.05, 3.63) is 41.1 Å². The van der Waals surface area contributed by atoms with Crippen LogP contribution in [0, 0.1) is 6.92 Å². The second-order valence-electron chi connectivity index (χ2n) is 7.52. The molecule has 1 atom stereocenters. The molecule has 1 aliphatic heterocycles. The van der Waals surface area contributed by atoms with E-state index < -0.39 is 11.7 Å². The molecule has 2 heterocycles. The van der Waals surface area contributed by atoms with Crippen molar-refractivity contribution in [3.63, 3.8) is 0 Å². The van der Waals surface area contributed by atoms with E-state index in [4.69, 9.17) is 0 Å². The smallest absolute Gasteiger partial charge is 0.355 e. The van der Waals surface area contributed by atoms with Crippen LogP contribution in [0.5, 0.6) is 0 Å². The average molecular weight is 407 g/mol. The lowest BCUT2D eigenvalue weighted by Crippen LogP contribution is -2.44. The molecule has 0 radical (unpaired) electrons. The lowest BCUT2D eigenvalue weighted by atomic mass is 10.1. The Morgan fingerprint density at radius 1 is 1.21 bits per heavy atom. The summed E-state index contributed by atoms with van der Waals surface area (Å²) in [6, 6.07) is 6.59. The Labute approximate surface area is 169 Å². The average Bonchev–Trinajstić information content (AvgIpc) is 2.69. The molecule has 158 valence electrons. The highest BCUT2D eigenvalue weighted by molar-refractivity contribution is 5.58. The number of likely N-dealkylation sites (N-methyl/N-ethyl adjacent to an activating group) is 1. The second-order valence-corrected chi connectivity index (χ2v) is 7.52. The third-order valence-electron chi connectivity index (χ3n) is 5.22. The number of nitrogens with zero attached hydrogens (tertiary/aromatic N) is 3. The molecular formula is C21H28F3N5. The topological polar surface area (TPSA) is 53.1 Å². The van der Waals surface area contributed by atoms with Crippen molar-refractivity contribution in [2.45, 2.75) is 51.7 Å². The maximum Gasteiger partial charge on any atom is 0.416 e. The zero-order chi connectivity index (χ0) is 21.0. The van der Waals surface area contributed by atoms with Crippen LogP contribution in [0.3, 0.4) is 0 Å². The van der Waals surface area contributed by atoms with E-state index >= 15 is 0 Å². The van der Waals surface area contributed by atoms with Crippen LogP contribution in [0.2, 0.25) is 0 Å². The van der Waals surface area contributed by atoms with Gasteiger partial charge in [0.25, 0.3) is 0 Å². The molecule has 5 nitrogen and oxygen atoms in total. The number of hydrogen-bond donors (Lipinski definition) is 2. The number of rotatable bonds is 6. The fourth-order valence-corrected chi connectivity index (χ4v) is 3.64. The maximum absolute atomic E-state index is 13.2. The molecule has 2 aromatic rings. The molecule has 1 aromatic heterocycles. The van der Waals surface area contributed by atoms with Crippen LogP contribution in [0.15, 0.2) is 24.3 Å². The van der Waals surface area contributed by atoms with Gasteiger partial charge in [-0.3, -0.25) is 0 Å². The van der Waals surface area contributed by atoms with Gasteiger partial charge in [0.2, 0.25) is 5.95 Å². The molecule has 0 amide bonds. The Morgan fingerprint density at radius 3 is 2.69 bits per heavy atom. The first-order chi connectivity index (χ1) is 13.8. The third kappa shape index (κ3) is 5.38. The summed E-state index contributed by atoms with van der Waals surface area (Å²) in [5, 5.41) is 6.30. The van der Waals surface area contributed by atoms with E-state index in [-0.39, 0.29) is 5.56 Å². The van der Waals surface area contributed by atoms with Gasteiger partial charge in [0.15, 0.2) is 0 Å². The van der Waals surface area contributed by atoms with Gasteiger partial charge in [-0.25, -0.2) is 4.98 Å². The summed E-state index contributed by atoms with van der Waals surface area (Å²) in [5.41, 5.74) is 0.750. The van der Waals surface area contributed by atoms with Crippen LogP contribution in [0.25, 0.3) is 0 Å². The van der Waals surface area contributed by atoms with Gasteiger partial charge in [0.1, 0.15) is 5.82 Å². The van der Waals surface area contributed by atoms with Crippen molar-refractivity contribution in [2.24, 2.45) is 0 Å². The Bertz CT molecular complexity index is 838. The Morgan fingerprint density at radius 2 is 2.00 bits per heavy atom. The fraction of sp³-hybridized carbons (Fsp3) is 0.524. The third-order valence-corrected chi connectivity index (χ3v) is 5.22. The number of halogens is 3. The highest BCUT2D eigenvalue weighted by Gasteiger charge is 2.32. The number of aromatic nitrogens is 2. The molecule has 1 aromatic carbocycles. The molecule has 0 aliphatic carbocycles. The molecule has 1 aliphatic rings. The number of nitrogens with one attached hydrogen (secondary N) is 2. The predicted molar refractivity (Wildman–Crippen MR) is 110 cm³/mol. The summed E-state index contributed by atoms with van der Waals surface area (Å²) in [4.78, 5) is 11.3. The van der Waals surface area contributed by atoms with Crippen molar-refractivity contribution in [1.82, 2.24) is 15.3 Å². The summed E-state index contributed by atoms with van der Waals surface area (Å²) in [6.07, 6.45) is -0.496. The molecule has 0 spiro atoms. The number of alkyl halides is 3. The van der Waals surface area contributed by atoms with Crippen LogP contribution in [-0.4, -0.2) is 36.1 Å². The summed E-state index contributed by atoms with van der Waals surface area (Å²) in [6.45, 7) is 5.28. The minimum absolute atomic E-state index is 0.191. The lowest BCUT2D eigenvalue weighted by molar-refractivity contribution is -0.138. The van der Waals surface area contributed by atoms with E-state index in [1.165, 1.54) is 13.0 Å². The van der Waals surface area contributed by atoms with E-state index in [0.29, 0.717) is 17.7 Å². The Hall–Kier alpha value is -2.35. The SMILES string of the molecule is CCCc1cc(N2CCCC(NC)C2)nc(Nc2ccc(C)c(C(F)(F)F)c2)n1. The molecule has 0 saturated carbocycles. The fourth-order valence-electron chi connectivity index (χ4n) is 3.64. The van der Waals surface area contributed by atoms with Gasteiger partial charge in [0, 0.05) is 36.6 Å². The van der Waals surface area contributed by atoms with E-state index in [1.54, 1.807) is 6.07 Å². The first kappa shape index (κ1) is 21.4. The van der Waals surface area contributed by atoms with E-state index in [9.17, 15) is 13.2 Å². The van der Waals surface area contributed by atoms with Crippen LogP contribution in [0.4, 0.5) is 30.6 Å². The van der Waals surface area contributed by atoms with Gasteiger partial charge in [0.05, 0.1) is 5.56 Å². The quantitative estimate of drug-likeness (QED) is 0.728. The van der Waals surface area contributed by atoms with Gasteiger partial charge in [-0.05, 0) is 50.9 Å². The van der Waals surface area contributed by atoms with Gasteiger partial charge in [-0.15, -0.1) is 0 Å². The summed E-state index contributed by atoms with van der Waals surface area (Å²) in [5.74, 6) is 1.14. The van der Waals surface area contributed by atoms with Crippen molar-refractivity contribution >= 4 is 17.5 Å². The molecule has 1 saturated heterocycles. The van der Waals surface area contributed by atoms with E-state index in [1.807, 2.05) is 13.1 Å². The van der Waals surface area contributed by atoms with Crippen molar-refractivity contribution in [3.8, 4) is 0 Å². The van der Waals surface area contributed by atoms with Crippen molar-refractivity contribution in [2.75, 3.05) is 30.4 Å². The first-order valence-corrected chi connectivity index (χ1v) is 10.0. The van der Waals surface area contributed by atoms with Crippen molar-refractivity contribution in [1.29, 1.82) is 0 Å². The minimum atomic E-state index is -4.40. The Kier molecular flexibility index (Phi) is 6.62. The number of benzene rings is 1. The number of piperidine rings is 1. The molecule has 0 bridgehead atoms. The minimum Gasteiger partial charge on any atom is -0.355 e. The molecule has 2 N–H and O–H groups in total. The molecule has 1 fully saturated rings. The van der Waals surface area contributed by atoms with Crippen LogP contribution >= 0.6 is 0 Å². The van der Waals surface area contributed by atoms with Crippen molar-refractivity contribution < 1.29 is 13.2 Å². The zero-order valence-corrected chi connectivity index (χ0v) is 17.1. The monoisotopic (exact) mass is 407 g/mol. The van der Waals surface area contributed by atoms with E-state index in [0.717, 1.165) is 56.4 Å². The number of anilines is 3. The highest BCUT2D eigenvalue weighted by Crippen LogP contribution is 2.34. The summed E-state index contributed by atoms with van der Waals surface area (Å²) in [7, 11) is 1.96. The van der Waals surface area contributed by atoms with Gasteiger partial charge in [-0.1, -0.05) is 19.4 Å². The normalized spacial score (nSPS) is 17.4. The molecular weight excluding hydrogens is 379 g/mol. The van der Waals surface area contributed by atoms with Gasteiger partial charge in [-0.2, -0.15) is 18.2 Å². The molecule has 1 unspecified atom stereocenters. The van der Waals surface area contributed by atoms with Crippen LogP contribution < -0.4 is 15.5 Å². The standard InChI is InChI=1S/C21H28F3N5/c1-4-6-15-12-19(29-10-5-7-17(13-29)25-3)28-20(26-15)27-16-9-8-14(2)18(11-16)21(22,23)24/h8-9,11-12,17,25H,4-7,10,13H2,1-3H3,(H,26,27,28). The number of hydrogen-bond acceptors (Lipinski definition) is 5. The highest BCUT2D eigenvalue weighted by atomic mass is 19.4. The van der Waals surface area contributed by atoms with E-state index in [2.05, 4.69) is 32.4 Å².